The zero-order valence-corrected chi connectivity index (χ0v) is 13.6. The van der Waals surface area contributed by atoms with Gasteiger partial charge >= 0.3 is 0 Å². The van der Waals surface area contributed by atoms with Crippen LogP contribution in [0.5, 0.6) is 11.5 Å². The lowest BCUT2D eigenvalue weighted by Crippen LogP contribution is -2.32. The predicted octanol–water partition coefficient (Wildman–Crippen LogP) is 2.79. The number of aromatic nitrogens is 1. The third-order valence-corrected chi connectivity index (χ3v) is 3.95. The maximum absolute atomic E-state index is 12.2. The van der Waals surface area contributed by atoms with Crippen LogP contribution in [0.3, 0.4) is 0 Å². The number of hydrogen-bond donors (Lipinski definition) is 0. The van der Waals surface area contributed by atoms with Crippen molar-refractivity contribution in [2.45, 2.75) is 27.2 Å². The van der Waals surface area contributed by atoms with E-state index in [2.05, 4.69) is 4.98 Å². The maximum atomic E-state index is 12.2. The van der Waals surface area contributed by atoms with Gasteiger partial charge in [-0.1, -0.05) is 0 Å². The first kappa shape index (κ1) is 15.4. The lowest BCUT2D eigenvalue weighted by molar-refractivity contribution is -0.130. The van der Waals surface area contributed by atoms with Gasteiger partial charge in [0.05, 0.1) is 12.1 Å². The van der Waals surface area contributed by atoms with E-state index in [9.17, 15) is 4.79 Å². The van der Waals surface area contributed by atoms with E-state index in [1.54, 1.807) is 4.90 Å². The van der Waals surface area contributed by atoms with Crippen LogP contribution in [0.25, 0.3) is 11.5 Å². The molecule has 6 heteroatoms. The third kappa shape index (κ3) is 3.02. The molecule has 1 aliphatic rings. The average molecular weight is 316 g/mol. The summed E-state index contributed by atoms with van der Waals surface area (Å²) in [6.45, 7) is 7.38. The van der Waals surface area contributed by atoms with Crippen molar-refractivity contribution in [2.75, 3.05) is 19.9 Å². The smallest absolute Gasteiger partial charge is 0.231 e. The summed E-state index contributed by atoms with van der Waals surface area (Å²) in [6, 6.07) is 5.54. The summed E-state index contributed by atoms with van der Waals surface area (Å²) in [6.07, 6.45) is 0.252. The standard InChI is InChI=1S/C17H20N2O4/c1-4-19(5-2)16(20)9-13-11(3)23-17(18-13)12-6-7-14-15(8-12)22-10-21-14/h6-8H,4-5,9-10H2,1-3H3. The number of oxazole rings is 1. The molecule has 6 nitrogen and oxygen atoms in total. The van der Waals surface area contributed by atoms with Gasteiger partial charge in [-0.15, -0.1) is 0 Å². The van der Waals surface area contributed by atoms with Crippen LogP contribution in [0.2, 0.25) is 0 Å². The van der Waals surface area contributed by atoms with Gasteiger partial charge in [0.15, 0.2) is 11.5 Å². The lowest BCUT2D eigenvalue weighted by Gasteiger charge is -2.17. The van der Waals surface area contributed by atoms with Crippen molar-refractivity contribution < 1.29 is 18.7 Å². The Bertz CT molecular complexity index is 719. The highest BCUT2D eigenvalue weighted by Crippen LogP contribution is 2.36. The molecule has 0 aliphatic carbocycles. The van der Waals surface area contributed by atoms with E-state index in [0.29, 0.717) is 41.9 Å². The Morgan fingerprint density at radius 2 is 1.96 bits per heavy atom. The number of benzene rings is 1. The Morgan fingerprint density at radius 3 is 2.70 bits per heavy atom. The number of aryl methyl sites for hydroxylation is 1. The molecule has 0 spiro atoms. The summed E-state index contributed by atoms with van der Waals surface area (Å²) < 4.78 is 16.4. The first-order valence-corrected chi connectivity index (χ1v) is 7.76. The monoisotopic (exact) mass is 316 g/mol. The first-order chi connectivity index (χ1) is 11.1. The van der Waals surface area contributed by atoms with Crippen molar-refractivity contribution >= 4 is 5.91 Å². The fraction of sp³-hybridized carbons (Fsp3) is 0.412. The van der Waals surface area contributed by atoms with E-state index in [4.69, 9.17) is 13.9 Å². The number of likely N-dealkylation sites (N-methyl/N-ethyl adjacent to an activating group) is 1. The van der Waals surface area contributed by atoms with Crippen LogP contribution in [-0.2, 0) is 11.2 Å². The zero-order valence-electron chi connectivity index (χ0n) is 13.6. The molecule has 0 unspecified atom stereocenters. The molecule has 3 rings (SSSR count). The van der Waals surface area contributed by atoms with E-state index < -0.39 is 0 Å². The molecule has 0 atom stereocenters. The van der Waals surface area contributed by atoms with Gasteiger partial charge in [0.1, 0.15) is 5.76 Å². The molecule has 0 saturated carbocycles. The summed E-state index contributed by atoms with van der Waals surface area (Å²) in [5.74, 6) is 2.61. The second-order valence-corrected chi connectivity index (χ2v) is 5.33. The van der Waals surface area contributed by atoms with Gasteiger partial charge in [0.25, 0.3) is 0 Å². The number of carbonyl (C=O) groups is 1. The summed E-state index contributed by atoms with van der Waals surface area (Å²) in [4.78, 5) is 18.5. The Morgan fingerprint density at radius 1 is 1.22 bits per heavy atom. The molecular weight excluding hydrogens is 296 g/mol. The van der Waals surface area contributed by atoms with Crippen LogP contribution >= 0.6 is 0 Å². The van der Waals surface area contributed by atoms with Crippen molar-refractivity contribution in [3.63, 3.8) is 0 Å². The van der Waals surface area contributed by atoms with Crippen molar-refractivity contribution in [2.24, 2.45) is 0 Å². The Kier molecular flexibility index (Phi) is 4.23. The van der Waals surface area contributed by atoms with E-state index in [0.717, 1.165) is 5.56 Å². The SMILES string of the molecule is CCN(CC)C(=O)Cc1nc(-c2ccc3c(c2)OCO3)oc1C. The molecule has 1 aliphatic heterocycles. The molecule has 0 radical (unpaired) electrons. The highest BCUT2D eigenvalue weighted by molar-refractivity contribution is 5.78. The first-order valence-electron chi connectivity index (χ1n) is 7.76. The largest absolute Gasteiger partial charge is 0.454 e. The molecular formula is C17H20N2O4. The van der Waals surface area contributed by atoms with Crippen LogP contribution in [0, 0.1) is 6.92 Å². The van der Waals surface area contributed by atoms with Crippen LogP contribution in [0.1, 0.15) is 25.3 Å². The molecule has 0 fully saturated rings. The molecule has 122 valence electrons. The van der Waals surface area contributed by atoms with Crippen molar-refractivity contribution in [1.29, 1.82) is 0 Å². The molecule has 1 aromatic heterocycles. The number of ether oxygens (including phenoxy) is 2. The summed E-state index contributed by atoms with van der Waals surface area (Å²) >= 11 is 0. The van der Waals surface area contributed by atoms with Crippen molar-refractivity contribution in [1.82, 2.24) is 9.88 Å². The van der Waals surface area contributed by atoms with Gasteiger partial charge in [-0.2, -0.15) is 0 Å². The van der Waals surface area contributed by atoms with Gasteiger partial charge in [-0.05, 0) is 39.0 Å². The van der Waals surface area contributed by atoms with Crippen LogP contribution in [0.15, 0.2) is 22.6 Å². The number of amides is 1. The second kappa shape index (κ2) is 6.32. The minimum Gasteiger partial charge on any atom is -0.454 e. The lowest BCUT2D eigenvalue weighted by atomic mass is 10.2. The number of carbonyl (C=O) groups excluding carboxylic acids is 1. The molecule has 0 bridgehead atoms. The highest BCUT2D eigenvalue weighted by atomic mass is 16.7. The number of rotatable bonds is 5. The van der Waals surface area contributed by atoms with Crippen LogP contribution in [0.4, 0.5) is 0 Å². The van der Waals surface area contributed by atoms with E-state index in [-0.39, 0.29) is 19.1 Å². The fourth-order valence-electron chi connectivity index (χ4n) is 2.58. The van der Waals surface area contributed by atoms with E-state index in [1.807, 2.05) is 39.0 Å². The Balaban J connectivity index is 1.82. The van der Waals surface area contributed by atoms with Gasteiger partial charge in [-0.3, -0.25) is 4.79 Å². The van der Waals surface area contributed by atoms with Gasteiger partial charge < -0.3 is 18.8 Å². The van der Waals surface area contributed by atoms with Crippen molar-refractivity contribution in [3.8, 4) is 23.0 Å². The van der Waals surface area contributed by atoms with Crippen LogP contribution < -0.4 is 9.47 Å². The highest BCUT2D eigenvalue weighted by Gasteiger charge is 2.19. The normalized spacial score (nSPS) is 12.5. The van der Waals surface area contributed by atoms with E-state index in [1.165, 1.54) is 0 Å². The summed E-state index contributed by atoms with van der Waals surface area (Å²) in [7, 11) is 0. The number of fused-ring (bicyclic) bond motifs is 1. The molecule has 1 amide bonds. The molecule has 23 heavy (non-hydrogen) atoms. The minimum atomic E-state index is 0.0589. The van der Waals surface area contributed by atoms with Crippen LogP contribution in [-0.4, -0.2) is 35.7 Å². The zero-order chi connectivity index (χ0) is 16.4. The van der Waals surface area contributed by atoms with Gasteiger partial charge in [0, 0.05) is 18.7 Å². The predicted molar refractivity (Wildman–Crippen MR) is 84.4 cm³/mol. The molecule has 0 saturated heterocycles. The summed E-state index contributed by atoms with van der Waals surface area (Å²) in [5, 5.41) is 0. The number of hydrogen-bond acceptors (Lipinski definition) is 5. The topological polar surface area (TPSA) is 64.8 Å². The summed E-state index contributed by atoms with van der Waals surface area (Å²) in [5.41, 5.74) is 1.48. The van der Waals surface area contributed by atoms with E-state index >= 15 is 0 Å². The van der Waals surface area contributed by atoms with Gasteiger partial charge in [0.2, 0.25) is 18.6 Å². The quantitative estimate of drug-likeness (QED) is 0.848. The minimum absolute atomic E-state index is 0.0589. The van der Waals surface area contributed by atoms with Crippen molar-refractivity contribution in [3.05, 3.63) is 29.7 Å². The number of nitrogens with zero attached hydrogens (tertiary/aromatic N) is 2. The average Bonchev–Trinajstić information content (AvgIpc) is 3.15. The maximum Gasteiger partial charge on any atom is 0.231 e. The van der Waals surface area contributed by atoms with Gasteiger partial charge in [-0.25, -0.2) is 4.98 Å². The Labute approximate surface area is 135 Å². The fourth-order valence-corrected chi connectivity index (χ4v) is 2.58. The third-order valence-electron chi connectivity index (χ3n) is 3.95. The molecule has 0 N–H and O–H groups in total. The molecule has 2 heterocycles. The molecule has 1 aromatic carbocycles. The molecule has 2 aromatic rings. The Hall–Kier alpha value is -2.50. The second-order valence-electron chi connectivity index (χ2n) is 5.33.